The zero-order chi connectivity index (χ0) is 15.5. The van der Waals surface area contributed by atoms with Crippen LogP contribution in [0.3, 0.4) is 0 Å². The Morgan fingerprint density at radius 1 is 1.20 bits per heavy atom. The summed E-state index contributed by atoms with van der Waals surface area (Å²) in [5, 5.41) is 2.79. The number of carbonyl (C=O) groups is 2. The van der Waals surface area contributed by atoms with Crippen molar-refractivity contribution in [1.82, 2.24) is 5.32 Å². The molecule has 0 bridgehead atoms. The van der Waals surface area contributed by atoms with Gasteiger partial charge in [-0.1, -0.05) is 12.1 Å². The van der Waals surface area contributed by atoms with Crippen molar-refractivity contribution in [2.24, 2.45) is 0 Å². The second kappa shape index (κ2) is 6.07. The third kappa shape index (κ3) is 4.37. The lowest BCUT2D eigenvalue weighted by atomic mass is 10.0. The lowest BCUT2D eigenvalue weighted by Gasteiger charge is -2.23. The van der Waals surface area contributed by atoms with Gasteiger partial charge < -0.3 is 10.1 Å². The van der Waals surface area contributed by atoms with E-state index in [1.165, 1.54) is 0 Å². The molecule has 0 radical (unpaired) electrons. The molecule has 0 aliphatic carbocycles. The smallest absolute Gasteiger partial charge is 0.339 e. The lowest BCUT2D eigenvalue weighted by molar-refractivity contribution is -0.130. The maximum Gasteiger partial charge on any atom is 0.339 e. The third-order valence-electron chi connectivity index (χ3n) is 2.98. The van der Waals surface area contributed by atoms with Crippen LogP contribution >= 0.6 is 0 Å². The molecule has 4 heteroatoms. The Hall–Kier alpha value is -1.84. The Kier molecular flexibility index (Phi) is 4.93. The number of rotatable bonds is 3. The molecule has 0 saturated carbocycles. The molecular weight excluding hydrogens is 254 g/mol. The van der Waals surface area contributed by atoms with E-state index in [1.54, 1.807) is 19.1 Å². The summed E-state index contributed by atoms with van der Waals surface area (Å²) in [6.07, 6.45) is -0.818. The first-order chi connectivity index (χ1) is 9.11. The van der Waals surface area contributed by atoms with Gasteiger partial charge in [-0.3, -0.25) is 4.79 Å². The lowest BCUT2D eigenvalue weighted by Crippen LogP contribution is -2.46. The zero-order valence-electron chi connectivity index (χ0n) is 13.0. The van der Waals surface area contributed by atoms with Crippen LogP contribution in [0.2, 0.25) is 0 Å². The van der Waals surface area contributed by atoms with Gasteiger partial charge in [0.25, 0.3) is 5.91 Å². The number of amides is 1. The predicted octanol–water partition coefficient (Wildman–Crippen LogP) is 2.76. The number of benzene rings is 1. The average Bonchev–Trinajstić information content (AvgIpc) is 2.30. The Labute approximate surface area is 120 Å². The van der Waals surface area contributed by atoms with Crippen molar-refractivity contribution >= 4 is 11.9 Å². The predicted molar refractivity (Wildman–Crippen MR) is 78.7 cm³/mol. The second-order valence-electron chi connectivity index (χ2n) is 6.03. The van der Waals surface area contributed by atoms with E-state index in [0.717, 1.165) is 11.1 Å². The van der Waals surface area contributed by atoms with Gasteiger partial charge >= 0.3 is 5.97 Å². The van der Waals surface area contributed by atoms with Crippen molar-refractivity contribution < 1.29 is 14.3 Å². The summed E-state index contributed by atoms with van der Waals surface area (Å²) in [5.74, 6) is -0.765. The molecule has 1 aromatic rings. The number of esters is 1. The van der Waals surface area contributed by atoms with E-state index in [1.807, 2.05) is 40.7 Å². The molecular formula is C16H23NO3. The second-order valence-corrected chi connectivity index (χ2v) is 6.03. The summed E-state index contributed by atoms with van der Waals surface area (Å²) in [7, 11) is 0. The van der Waals surface area contributed by atoms with Crippen molar-refractivity contribution in [1.29, 1.82) is 0 Å². The molecule has 0 spiro atoms. The highest BCUT2D eigenvalue weighted by molar-refractivity contribution is 5.93. The van der Waals surface area contributed by atoms with E-state index in [9.17, 15) is 9.59 Å². The highest BCUT2D eigenvalue weighted by atomic mass is 16.5. The topological polar surface area (TPSA) is 55.4 Å². The maximum atomic E-state index is 12.1. The van der Waals surface area contributed by atoms with Crippen LogP contribution in [0.4, 0.5) is 0 Å². The van der Waals surface area contributed by atoms with Gasteiger partial charge in [0.2, 0.25) is 0 Å². The monoisotopic (exact) mass is 277 g/mol. The number of hydrogen-bond acceptors (Lipinski definition) is 3. The highest BCUT2D eigenvalue weighted by Crippen LogP contribution is 2.14. The van der Waals surface area contributed by atoms with E-state index in [0.29, 0.717) is 5.56 Å². The first-order valence-electron chi connectivity index (χ1n) is 6.71. The summed E-state index contributed by atoms with van der Waals surface area (Å²) in [5.41, 5.74) is 2.05. The number of hydrogen-bond donors (Lipinski definition) is 1. The van der Waals surface area contributed by atoms with Gasteiger partial charge in [-0.15, -0.1) is 0 Å². The minimum absolute atomic E-state index is 0.295. The molecule has 1 amide bonds. The molecule has 110 valence electrons. The molecule has 0 saturated heterocycles. The average molecular weight is 277 g/mol. The van der Waals surface area contributed by atoms with Crippen molar-refractivity contribution in [3.8, 4) is 0 Å². The molecule has 0 heterocycles. The zero-order valence-corrected chi connectivity index (χ0v) is 13.0. The standard InChI is InChI=1S/C16H23NO3/c1-10-8-7-9-13(11(10)2)15(19)20-12(3)14(18)17-16(4,5)6/h7-9,12H,1-6H3,(H,17,18)/t12-/m1/s1. The van der Waals surface area contributed by atoms with Gasteiger partial charge in [0.1, 0.15) is 0 Å². The third-order valence-corrected chi connectivity index (χ3v) is 2.98. The molecule has 1 N–H and O–H groups in total. The molecule has 0 aromatic heterocycles. The van der Waals surface area contributed by atoms with Gasteiger partial charge in [-0.05, 0) is 58.7 Å². The molecule has 20 heavy (non-hydrogen) atoms. The van der Waals surface area contributed by atoms with Crippen LogP contribution in [0, 0.1) is 13.8 Å². The molecule has 1 atom stereocenters. The summed E-state index contributed by atoms with van der Waals surface area (Å²) < 4.78 is 5.23. The number of aryl methyl sites for hydroxylation is 1. The number of ether oxygens (including phenoxy) is 1. The molecule has 1 aromatic carbocycles. The molecule has 4 nitrogen and oxygen atoms in total. The van der Waals surface area contributed by atoms with Crippen molar-refractivity contribution in [2.45, 2.75) is 53.2 Å². The summed E-state index contributed by atoms with van der Waals surface area (Å²) >= 11 is 0. The molecule has 0 unspecified atom stereocenters. The normalized spacial score (nSPS) is 12.7. The van der Waals surface area contributed by atoms with E-state index < -0.39 is 12.1 Å². The van der Waals surface area contributed by atoms with Crippen molar-refractivity contribution in [3.05, 3.63) is 34.9 Å². The summed E-state index contributed by atoms with van der Waals surface area (Å²) in [6.45, 7) is 11.0. The minimum atomic E-state index is -0.818. The van der Waals surface area contributed by atoms with E-state index in [2.05, 4.69) is 5.32 Å². The largest absolute Gasteiger partial charge is 0.449 e. The molecule has 0 aliphatic heterocycles. The van der Waals surface area contributed by atoms with Gasteiger partial charge in [0.15, 0.2) is 6.10 Å². The summed E-state index contributed by atoms with van der Waals surface area (Å²) in [4.78, 5) is 24.0. The molecule has 1 rings (SSSR count). The van der Waals surface area contributed by atoms with Crippen LogP contribution in [0.15, 0.2) is 18.2 Å². The Morgan fingerprint density at radius 3 is 2.35 bits per heavy atom. The SMILES string of the molecule is Cc1cccc(C(=O)O[C@H](C)C(=O)NC(C)(C)C)c1C. The highest BCUT2D eigenvalue weighted by Gasteiger charge is 2.23. The van der Waals surface area contributed by atoms with Crippen molar-refractivity contribution in [3.63, 3.8) is 0 Å². The van der Waals surface area contributed by atoms with Crippen LogP contribution in [0.25, 0.3) is 0 Å². The fraction of sp³-hybridized carbons (Fsp3) is 0.500. The Balaban J connectivity index is 2.76. The van der Waals surface area contributed by atoms with E-state index in [4.69, 9.17) is 4.74 Å². The van der Waals surface area contributed by atoms with Crippen LogP contribution in [-0.2, 0) is 9.53 Å². The minimum Gasteiger partial charge on any atom is -0.449 e. The van der Waals surface area contributed by atoms with Crippen LogP contribution in [0.5, 0.6) is 0 Å². The number of nitrogens with one attached hydrogen (secondary N) is 1. The van der Waals surface area contributed by atoms with Crippen LogP contribution < -0.4 is 5.32 Å². The molecule has 0 fully saturated rings. The fourth-order valence-corrected chi connectivity index (χ4v) is 1.72. The fourth-order valence-electron chi connectivity index (χ4n) is 1.72. The first kappa shape index (κ1) is 16.2. The number of carbonyl (C=O) groups excluding carboxylic acids is 2. The Bertz CT molecular complexity index is 515. The summed E-state index contributed by atoms with van der Waals surface area (Å²) in [6, 6.07) is 5.44. The molecule has 0 aliphatic rings. The quantitative estimate of drug-likeness (QED) is 0.864. The van der Waals surface area contributed by atoms with Crippen molar-refractivity contribution in [2.75, 3.05) is 0 Å². The van der Waals surface area contributed by atoms with Gasteiger partial charge in [0, 0.05) is 5.54 Å². The maximum absolute atomic E-state index is 12.1. The first-order valence-corrected chi connectivity index (χ1v) is 6.71. The van der Waals surface area contributed by atoms with Gasteiger partial charge in [0.05, 0.1) is 5.56 Å². The Morgan fingerprint density at radius 2 is 1.80 bits per heavy atom. The van der Waals surface area contributed by atoms with E-state index >= 15 is 0 Å². The van der Waals surface area contributed by atoms with Crippen LogP contribution in [-0.4, -0.2) is 23.5 Å². The van der Waals surface area contributed by atoms with E-state index in [-0.39, 0.29) is 11.4 Å². The van der Waals surface area contributed by atoms with Crippen LogP contribution in [0.1, 0.15) is 49.2 Å². The van der Waals surface area contributed by atoms with Gasteiger partial charge in [-0.2, -0.15) is 0 Å². The van der Waals surface area contributed by atoms with Gasteiger partial charge in [-0.25, -0.2) is 4.79 Å².